The van der Waals surface area contributed by atoms with Crippen LogP contribution in [0.1, 0.15) is 0 Å². The Morgan fingerprint density at radius 3 is 1.91 bits per heavy atom. The summed E-state index contributed by atoms with van der Waals surface area (Å²) in [6.45, 7) is 0.0702. The van der Waals surface area contributed by atoms with Crippen LogP contribution in [0.4, 0.5) is 17.1 Å². The van der Waals surface area contributed by atoms with Crippen LogP contribution in [-0.2, 0) is 0 Å². The van der Waals surface area contributed by atoms with E-state index >= 15 is 0 Å². The second-order valence-electron chi connectivity index (χ2n) is 11.7. The zero-order chi connectivity index (χ0) is 29.5. The van der Waals surface area contributed by atoms with E-state index in [1.165, 1.54) is 41.9 Å². The maximum atomic E-state index is 6.60. The molecule has 3 nitrogen and oxygen atoms in total. The van der Waals surface area contributed by atoms with E-state index in [1.54, 1.807) is 0 Å². The number of rotatable bonds is 3. The molecule has 2 aliphatic rings. The fourth-order valence-electron chi connectivity index (χ4n) is 7.16. The van der Waals surface area contributed by atoms with E-state index in [9.17, 15) is 0 Å². The lowest BCUT2D eigenvalue weighted by atomic mass is 9.35. The average Bonchev–Trinajstić information content (AvgIpc) is 3.46. The fourth-order valence-corrected chi connectivity index (χ4v) is 8.43. The van der Waals surface area contributed by atoms with E-state index in [4.69, 9.17) is 9.47 Å². The Kier molecular flexibility index (Phi) is 5.25. The second kappa shape index (κ2) is 9.49. The average molecular weight is 594 g/mol. The Bertz CT molecular complexity index is 2420. The molecule has 3 heterocycles. The summed E-state index contributed by atoms with van der Waals surface area (Å²) in [5.41, 5.74) is 6.89. The van der Waals surface area contributed by atoms with E-state index in [2.05, 4.69) is 132 Å². The summed E-state index contributed by atoms with van der Waals surface area (Å²) in [4.78, 5) is 2.32. The van der Waals surface area contributed by atoms with Gasteiger partial charge >= 0.3 is 0 Å². The number of fused-ring (bicyclic) bond motifs is 9. The summed E-state index contributed by atoms with van der Waals surface area (Å²) in [6.07, 6.45) is 0. The first kappa shape index (κ1) is 24.9. The molecule has 7 aromatic carbocycles. The minimum atomic E-state index is 0.0702. The van der Waals surface area contributed by atoms with Crippen LogP contribution in [0.5, 0.6) is 23.0 Å². The number of hydrogen-bond acceptors (Lipinski definition) is 4. The first-order chi connectivity index (χ1) is 22.3. The number of anilines is 3. The first-order valence-corrected chi connectivity index (χ1v) is 16.0. The normalized spacial score (nSPS) is 12.8. The molecule has 45 heavy (non-hydrogen) atoms. The van der Waals surface area contributed by atoms with Gasteiger partial charge in [0.05, 0.1) is 0 Å². The van der Waals surface area contributed by atoms with Gasteiger partial charge in [-0.05, 0) is 88.4 Å². The van der Waals surface area contributed by atoms with Gasteiger partial charge in [-0.1, -0.05) is 78.9 Å². The largest absolute Gasteiger partial charge is 0.458 e. The van der Waals surface area contributed by atoms with Crippen LogP contribution in [-0.4, -0.2) is 6.71 Å². The summed E-state index contributed by atoms with van der Waals surface area (Å²) < 4.78 is 15.5. The number of thiophene rings is 1. The van der Waals surface area contributed by atoms with Crippen molar-refractivity contribution in [2.24, 2.45) is 0 Å². The van der Waals surface area contributed by atoms with Crippen LogP contribution < -0.4 is 30.8 Å². The van der Waals surface area contributed by atoms with Gasteiger partial charge in [0.1, 0.15) is 23.0 Å². The third-order valence-electron chi connectivity index (χ3n) is 9.15. The molecule has 0 atom stereocenters. The van der Waals surface area contributed by atoms with Crippen LogP contribution >= 0.6 is 11.3 Å². The number of benzene rings is 7. The Labute approximate surface area is 264 Å². The minimum Gasteiger partial charge on any atom is -0.458 e. The molecule has 0 bridgehead atoms. The van der Waals surface area contributed by atoms with Crippen molar-refractivity contribution in [1.29, 1.82) is 0 Å². The minimum absolute atomic E-state index is 0.0702. The molecule has 0 aliphatic carbocycles. The molecule has 0 amide bonds. The maximum Gasteiger partial charge on any atom is 0.260 e. The van der Waals surface area contributed by atoms with Gasteiger partial charge in [-0.15, -0.1) is 11.3 Å². The highest BCUT2D eigenvalue weighted by Crippen LogP contribution is 2.43. The van der Waals surface area contributed by atoms with Gasteiger partial charge in [-0.3, -0.25) is 0 Å². The zero-order valence-electron chi connectivity index (χ0n) is 24.1. The lowest BCUT2D eigenvalue weighted by Gasteiger charge is -2.32. The fraction of sp³-hybridized carbons (Fsp3) is 0. The molecule has 0 saturated carbocycles. The molecule has 2 aliphatic heterocycles. The number of para-hydroxylation sites is 3. The molecule has 0 radical (unpaired) electrons. The van der Waals surface area contributed by atoms with E-state index in [0.717, 1.165) is 45.5 Å². The molecule has 0 N–H and O–H groups in total. The maximum absolute atomic E-state index is 6.60. The quantitative estimate of drug-likeness (QED) is 0.191. The highest BCUT2D eigenvalue weighted by molar-refractivity contribution is 7.26. The van der Waals surface area contributed by atoms with Crippen molar-refractivity contribution < 1.29 is 9.47 Å². The third kappa shape index (κ3) is 3.71. The van der Waals surface area contributed by atoms with Gasteiger partial charge in [-0.25, -0.2) is 0 Å². The van der Waals surface area contributed by atoms with Crippen LogP contribution in [0.25, 0.3) is 30.9 Å². The monoisotopic (exact) mass is 593 g/mol. The smallest absolute Gasteiger partial charge is 0.260 e. The molecule has 0 spiro atoms. The lowest BCUT2D eigenvalue weighted by Crippen LogP contribution is -2.57. The van der Waals surface area contributed by atoms with Gasteiger partial charge in [0.25, 0.3) is 6.71 Å². The van der Waals surface area contributed by atoms with Crippen molar-refractivity contribution in [3.63, 3.8) is 0 Å². The van der Waals surface area contributed by atoms with Crippen LogP contribution in [0.2, 0.25) is 0 Å². The van der Waals surface area contributed by atoms with Crippen LogP contribution in [0.3, 0.4) is 0 Å². The molecule has 1 aromatic heterocycles. The third-order valence-corrected chi connectivity index (χ3v) is 10.4. The second-order valence-corrected chi connectivity index (χ2v) is 12.7. The molecular formula is C40H24BNO2S. The summed E-state index contributed by atoms with van der Waals surface area (Å²) in [7, 11) is 0. The van der Waals surface area contributed by atoms with Crippen molar-refractivity contribution in [3.05, 3.63) is 146 Å². The summed E-state index contributed by atoms with van der Waals surface area (Å²) in [6, 6.07) is 51.6. The van der Waals surface area contributed by atoms with Gasteiger partial charge in [0.2, 0.25) is 0 Å². The van der Waals surface area contributed by atoms with Gasteiger partial charge in [0.15, 0.2) is 0 Å². The SMILES string of the molecule is c1ccc(N(c2ccccc2)c2ccc3c(ccc4c5cc6c(cc5sc34)B3c4ccccc4Oc4cccc(c43)O6)c2)cc1. The summed E-state index contributed by atoms with van der Waals surface area (Å²) >= 11 is 1.87. The topological polar surface area (TPSA) is 21.7 Å². The highest BCUT2D eigenvalue weighted by atomic mass is 32.1. The molecular weight excluding hydrogens is 569 g/mol. The Hall–Kier alpha value is -5.52. The predicted octanol–water partition coefficient (Wildman–Crippen LogP) is 9.41. The van der Waals surface area contributed by atoms with Gasteiger partial charge in [-0.2, -0.15) is 0 Å². The van der Waals surface area contributed by atoms with E-state index in [1.807, 2.05) is 29.5 Å². The molecule has 0 unspecified atom stereocenters. The van der Waals surface area contributed by atoms with Crippen LogP contribution in [0.15, 0.2) is 146 Å². The van der Waals surface area contributed by atoms with E-state index < -0.39 is 0 Å². The van der Waals surface area contributed by atoms with Crippen molar-refractivity contribution in [1.82, 2.24) is 0 Å². The summed E-state index contributed by atoms with van der Waals surface area (Å²) in [5, 5.41) is 4.98. The number of nitrogens with zero attached hydrogens (tertiary/aromatic N) is 1. The molecule has 5 heteroatoms. The van der Waals surface area contributed by atoms with Crippen LogP contribution in [0, 0.1) is 0 Å². The standard InChI is InChI=1S/C40H24BNO2S/c1-3-10-26(11-4-1)42(27-12-5-2-6-13-27)28-19-21-29-25(22-28)18-20-30-31-23-37-33(24-38(31)45-40(29)30)41-32-14-7-8-15-34(32)43-35-16-9-17-36(44-37)39(35)41/h1-24H. The number of hydrogen-bond donors (Lipinski definition) is 0. The van der Waals surface area contributed by atoms with Crippen molar-refractivity contribution in [3.8, 4) is 23.0 Å². The van der Waals surface area contributed by atoms with Crippen molar-refractivity contribution in [2.45, 2.75) is 0 Å². The molecule has 0 fully saturated rings. The Morgan fingerprint density at radius 1 is 0.467 bits per heavy atom. The molecule has 10 rings (SSSR count). The van der Waals surface area contributed by atoms with E-state index in [-0.39, 0.29) is 6.71 Å². The number of ether oxygens (including phenoxy) is 2. The van der Waals surface area contributed by atoms with Crippen molar-refractivity contribution in [2.75, 3.05) is 4.90 Å². The lowest BCUT2D eigenvalue weighted by molar-refractivity contribution is 0.465. The molecule has 0 saturated heterocycles. The first-order valence-electron chi connectivity index (χ1n) is 15.2. The Morgan fingerprint density at radius 2 is 1.13 bits per heavy atom. The summed E-state index contributed by atoms with van der Waals surface area (Å²) in [5.74, 6) is 3.58. The van der Waals surface area contributed by atoms with E-state index in [0.29, 0.717) is 0 Å². The molecule has 8 aromatic rings. The highest BCUT2D eigenvalue weighted by Gasteiger charge is 2.40. The predicted molar refractivity (Wildman–Crippen MR) is 189 cm³/mol. The van der Waals surface area contributed by atoms with Gasteiger partial charge < -0.3 is 14.4 Å². The molecule has 210 valence electrons. The Balaban J connectivity index is 1.15. The zero-order valence-corrected chi connectivity index (χ0v) is 24.9. The van der Waals surface area contributed by atoms with Crippen molar-refractivity contribution >= 4 is 82.4 Å². The van der Waals surface area contributed by atoms with Gasteiger partial charge in [0, 0.05) is 42.7 Å².